The number of nitrogens with two attached hydrogens (primary N) is 1. The van der Waals surface area contributed by atoms with Gasteiger partial charge in [0.05, 0.1) is 0 Å². The molecule has 1 atom stereocenters. The van der Waals surface area contributed by atoms with Gasteiger partial charge in [-0.1, -0.05) is 20.3 Å². The molecular weight excluding hydrogens is 116 g/mol. The lowest BCUT2D eigenvalue weighted by molar-refractivity contribution is 0.938. The summed E-state index contributed by atoms with van der Waals surface area (Å²) in [6.07, 6.45) is 1.22. The van der Waals surface area contributed by atoms with E-state index in [1.54, 1.807) is 0 Å². The maximum Gasteiger partial charge on any atom is 0.181 e. The Hall–Kier alpha value is 0.137. The second-order valence-electron chi connectivity index (χ2n) is 1.95. The maximum atomic E-state index is 5.72. The van der Waals surface area contributed by atoms with Crippen LogP contribution in [0.2, 0.25) is 6.04 Å². The highest BCUT2D eigenvalue weighted by atomic mass is 28.3. The third-order valence-corrected chi connectivity index (χ3v) is 3.20. The van der Waals surface area contributed by atoms with Gasteiger partial charge in [-0.15, -0.1) is 0 Å². The lowest BCUT2D eigenvalue weighted by Gasteiger charge is -2.06. The molecule has 0 spiro atoms. The van der Waals surface area contributed by atoms with Crippen molar-refractivity contribution in [2.45, 2.75) is 26.3 Å². The largest absolute Gasteiger partial charge is 0.341 e. The van der Waals surface area contributed by atoms with Gasteiger partial charge in [-0.3, -0.25) is 0 Å². The van der Waals surface area contributed by atoms with E-state index < -0.39 is 9.12 Å². The summed E-state index contributed by atoms with van der Waals surface area (Å²) in [5, 5.41) is 5.72. The fourth-order valence-corrected chi connectivity index (χ4v) is 2.03. The zero-order valence-corrected chi connectivity index (χ0v) is 6.93. The Morgan fingerprint density at radius 3 is 2.50 bits per heavy atom. The molecule has 1 unspecified atom stereocenters. The number of hydrogen-bond acceptors (Lipinski definition) is 2. The minimum Gasteiger partial charge on any atom is -0.341 e. The Labute approximate surface area is 53.2 Å². The molecule has 0 aromatic rings. The minimum absolute atomic E-state index is 0.952. The van der Waals surface area contributed by atoms with Gasteiger partial charge in [-0.25, -0.2) is 0 Å². The van der Waals surface area contributed by atoms with E-state index in [4.69, 9.17) is 5.40 Å². The lowest BCUT2D eigenvalue weighted by Crippen LogP contribution is -2.42. The zero-order valence-electron chi connectivity index (χ0n) is 5.78. The van der Waals surface area contributed by atoms with Crippen LogP contribution in [-0.2, 0) is 0 Å². The molecule has 0 aromatic carbocycles. The van der Waals surface area contributed by atoms with Crippen molar-refractivity contribution in [1.82, 2.24) is 4.98 Å². The average Bonchev–Trinajstić information content (AvgIpc) is 1.68. The summed E-state index contributed by atoms with van der Waals surface area (Å²) in [7, 11) is -0.952. The van der Waals surface area contributed by atoms with Gasteiger partial charge in [0, 0.05) is 0 Å². The van der Waals surface area contributed by atoms with Crippen molar-refractivity contribution in [2.24, 2.45) is 5.40 Å². The predicted molar refractivity (Wildman–Crippen MR) is 40.1 cm³/mol. The molecular formula is C5H16N2Si. The number of rotatable bonds is 4. The van der Waals surface area contributed by atoms with Crippen LogP contribution in [0, 0.1) is 0 Å². The maximum absolute atomic E-state index is 5.72. The molecule has 0 aliphatic rings. The Balaban J connectivity index is 2.92. The molecule has 0 heterocycles. The molecule has 0 aliphatic carbocycles. The smallest absolute Gasteiger partial charge is 0.181 e. The van der Waals surface area contributed by atoms with Crippen LogP contribution >= 0.6 is 0 Å². The van der Waals surface area contributed by atoms with Gasteiger partial charge in [0.1, 0.15) is 0 Å². The molecule has 50 valence electrons. The van der Waals surface area contributed by atoms with Crippen LogP contribution < -0.4 is 10.4 Å². The van der Waals surface area contributed by atoms with E-state index in [2.05, 4.69) is 18.8 Å². The van der Waals surface area contributed by atoms with Crippen molar-refractivity contribution in [3.63, 3.8) is 0 Å². The Morgan fingerprint density at radius 1 is 1.50 bits per heavy atom. The molecule has 0 bridgehead atoms. The molecule has 0 radical (unpaired) electrons. The second kappa shape index (κ2) is 5.28. The summed E-state index contributed by atoms with van der Waals surface area (Å²) in [6, 6.07) is 1.22. The Bertz CT molecular complexity index is 43.7. The van der Waals surface area contributed by atoms with Gasteiger partial charge in [-0.05, 0) is 12.6 Å². The van der Waals surface area contributed by atoms with Crippen molar-refractivity contribution >= 4 is 9.12 Å². The standard InChI is InChI=1S/C5H16N2Si/c1-3-5-8(6)7-4-2/h7-8H,3-6H2,1-2H3. The van der Waals surface area contributed by atoms with Crippen LogP contribution in [0.15, 0.2) is 0 Å². The van der Waals surface area contributed by atoms with Gasteiger partial charge in [0.15, 0.2) is 9.12 Å². The van der Waals surface area contributed by atoms with Gasteiger partial charge in [0.2, 0.25) is 0 Å². The van der Waals surface area contributed by atoms with Crippen LogP contribution in [0.4, 0.5) is 0 Å². The van der Waals surface area contributed by atoms with E-state index in [9.17, 15) is 0 Å². The van der Waals surface area contributed by atoms with Gasteiger partial charge in [0.25, 0.3) is 0 Å². The highest BCUT2D eigenvalue weighted by Crippen LogP contribution is 1.85. The molecule has 0 fully saturated rings. The fourth-order valence-electron chi connectivity index (χ4n) is 0.675. The number of nitrogens with one attached hydrogen (secondary N) is 1. The predicted octanol–water partition coefficient (Wildman–Crippen LogP) is 0.185. The van der Waals surface area contributed by atoms with Crippen LogP contribution in [0.1, 0.15) is 20.3 Å². The molecule has 0 saturated heterocycles. The first-order chi connectivity index (χ1) is 3.81. The van der Waals surface area contributed by atoms with Gasteiger partial charge < -0.3 is 10.4 Å². The first-order valence-corrected chi connectivity index (χ1v) is 5.36. The SMILES string of the molecule is CCC[SiH](N)NCC. The molecule has 0 rings (SSSR count). The van der Waals surface area contributed by atoms with Crippen molar-refractivity contribution in [3.05, 3.63) is 0 Å². The molecule has 0 aromatic heterocycles. The highest BCUT2D eigenvalue weighted by Gasteiger charge is 1.97. The molecule has 0 amide bonds. The van der Waals surface area contributed by atoms with E-state index in [-0.39, 0.29) is 0 Å². The van der Waals surface area contributed by atoms with Crippen LogP contribution in [0.3, 0.4) is 0 Å². The number of hydrogen-bond donors (Lipinski definition) is 2. The molecule has 8 heavy (non-hydrogen) atoms. The van der Waals surface area contributed by atoms with Crippen LogP contribution in [0.25, 0.3) is 0 Å². The van der Waals surface area contributed by atoms with Crippen molar-refractivity contribution in [1.29, 1.82) is 0 Å². The van der Waals surface area contributed by atoms with E-state index in [0.717, 1.165) is 6.54 Å². The summed E-state index contributed by atoms with van der Waals surface area (Å²) in [6.45, 7) is 5.31. The first kappa shape index (κ1) is 8.14. The molecule has 2 nitrogen and oxygen atoms in total. The lowest BCUT2D eigenvalue weighted by atomic mass is 10.6. The molecule has 3 heteroatoms. The highest BCUT2D eigenvalue weighted by molar-refractivity contribution is 6.52. The zero-order chi connectivity index (χ0) is 6.41. The fraction of sp³-hybridized carbons (Fsp3) is 1.00. The summed E-state index contributed by atoms with van der Waals surface area (Å²) in [5.74, 6) is 0. The molecule has 3 N–H and O–H groups in total. The minimum atomic E-state index is -0.952. The third kappa shape index (κ3) is 4.30. The summed E-state index contributed by atoms with van der Waals surface area (Å²) >= 11 is 0. The summed E-state index contributed by atoms with van der Waals surface area (Å²) in [5.41, 5.74) is 0. The van der Waals surface area contributed by atoms with Crippen LogP contribution in [-0.4, -0.2) is 15.7 Å². The topological polar surface area (TPSA) is 38.0 Å². The van der Waals surface area contributed by atoms with Crippen molar-refractivity contribution < 1.29 is 0 Å². The van der Waals surface area contributed by atoms with Gasteiger partial charge >= 0.3 is 0 Å². The Morgan fingerprint density at radius 2 is 2.12 bits per heavy atom. The van der Waals surface area contributed by atoms with E-state index in [1.807, 2.05) is 0 Å². The van der Waals surface area contributed by atoms with Crippen molar-refractivity contribution in [2.75, 3.05) is 6.54 Å². The first-order valence-electron chi connectivity index (χ1n) is 3.30. The monoisotopic (exact) mass is 132 g/mol. The Kier molecular flexibility index (Phi) is 5.37. The summed E-state index contributed by atoms with van der Waals surface area (Å²) < 4.78 is 0. The average molecular weight is 132 g/mol. The normalized spacial score (nSPS) is 13.9. The molecule has 0 saturated carbocycles. The quantitative estimate of drug-likeness (QED) is 0.536. The van der Waals surface area contributed by atoms with Crippen molar-refractivity contribution in [3.8, 4) is 0 Å². The molecule has 0 aliphatic heterocycles. The van der Waals surface area contributed by atoms with E-state index in [1.165, 1.54) is 12.5 Å². The van der Waals surface area contributed by atoms with E-state index >= 15 is 0 Å². The second-order valence-corrected chi connectivity index (χ2v) is 4.15. The van der Waals surface area contributed by atoms with Gasteiger partial charge in [-0.2, -0.15) is 0 Å². The summed E-state index contributed by atoms with van der Waals surface area (Å²) in [4.78, 5) is 3.26. The van der Waals surface area contributed by atoms with Crippen LogP contribution in [0.5, 0.6) is 0 Å². The third-order valence-electron chi connectivity index (χ3n) is 1.07. The van der Waals surface area contributed by atoms with E-state index in [0.29, 0.717) is 0 Å².